The van der Waals surface area contributed by atoms with Crippen LogP contribution in [-0.2, 0) is 6.54 Å². The van der Waals surface area contributed by atoms with Crippen LogP contribution in [0.1, 0.15) is 21.6 Å². The summed E-state index contributed by atoms with van der Waals surface area (Å²) in [5.41, 5.74) is 2.85. The van der Waals surface area contributed by atoms with Crippen LogP contribution in [0.5, 0.6) is 0 Å². The minimum atomic E-state index is 0.132. The molecule has 120 valence electrons. The topological polar surface area (TPSA) is 36.4 Å². The van der Waals surface area contributed by atoms with Gasteiger partial charge in [0.15, 0.2) is 0 Å². The maximum atomic E-state index is 12.6. The zero-order valence-corrected chi connectivity index (χ0v) is 14.0. The lowest BCUT2D eigenvalue weighted by Gasteiger charge is -2.34. The number of carbonyl (C=O) groups excluding carboxylic acids is 1. The molecule has 2 heterocycles. The van der Waals surface area contributed by atoms with E-state index in [9.17, 15) is 4.79 Å². The molecule has 23 heavy (non-hydrogen) atoms. The predicted molar refractivity (Wildman–Crippen MR) is 91.6 cm³/mol. The zero-order chi connectivity index (χ0) is 16.2. The van der Waals surface area contributed by atoms with Crippen molar-refractivity contribution in [2.45, 2.75) is 13.5 Å². The van der Waals surface area contributed by atoms with Gasteiger partial charge in [0.05, 0.1) is 10.7 Å². The molecule has 1 aromatic heterocycles. The summed E-state index contributed by atoms with van der Waals surface area (Å²) >= 11 is 5.86. The van der Waals surface area contributed by atoms with Crippen LogP contribution in [0.25, 0.3) is 0 Å². The van der Waals surface area contributed by atoms with Gasteiger partial charge in [0.25, 0.3) is 5.91 Å². The number of aryl methyl sites for hydroxylation is 1. The Bertz CT molecular complexity index is 679. The van der Waals surface area contributed by atoms with E-state index in [4.69, 9.17) is 11.6 Å². The first-order valence-electron chi connectivity index (χ1n) is 7.81. The summed E-state index contributed by atoms with van der Waals surface area (Å²) in [6.45, 7) is 6.00. The molecule has 0 aliphatic carbocycles. The van der Waals surface area contributed by atoms with Gasteiger partial charge in [0.1, 0.15) is 0 Å². The molecule has 5 heteroatoms. The van der Waals surface area contributed by atoms with Gasteiger partial charge in [-0.05, 0) is 30.7 Å². The number of rotatable bonds is 3. The van der Waals surface area contributed by atoms with Crippen LogP contribution in [0, 0.1) is 6.92 Å². The predicted octanol–water partition coefficient (Wildman–Crippen LogP) is 3.00. The monoisotopic (exact) mass is 329 g/mol. The highest BCUT2D eigenvalue weighted by atomic mass is 35.5. The second-order valence-corrected chi connectivity index (χ2v) is 6.29. The quantitative estimate of drug-likeness (QED) is 0.868. The second-order valence-electron chi connectivity index (χ2n) is 5.85. The third-order valence-electron chi connectivity index (χ3n) is 4.21. The van der Waals surface area contributed by atoms with Gasteiger partial charge in [-0.25, -0.2) is 0 Å². The van der Waals surface area contributed by atoms with E-state index in [1.807, 2.05) is 48.2 Å². The molecule has 1 aromatic carbocycles. The van der Waals surface area contributed by atoms with Crippen LogP contribution in [0.3, 0.4) is 0 Å². The molecule has 0 bridgehead atoms. The molecule has 4 nitrogen and oxygen atoms in total. The first-order valence-corrected chi connectivity index (χ1v) is 8.19. The van der Waals surface area contributed by atoms with Gasteiger partial charge in [-0.15, -0.1) is 0 Å². The summed E-state index contributed by atoms with van der Waals surface area (Å²) in [6.07, 6.45) is 1.68. The lowest BCUT2D eigenvalue weighted by Crippen LogP contribution is -2.48. The number of hydrogen-bond acceptors (Lipinski definition) is 3. The first kappa shape index (κ1) is 16.0. The number of amides is 1. The van der Waals surface area contributed by atoms with Crippen molar-refractivity contribution in [1.29, 1.82) is 0 Å². The van der Waals surface area contributed by atoms with E-state index < -0.39 is 0 Å². The average Bonchev–Trinajstić information content (AvgIpc) is 2.57. The van der Waals surface area contributed by atoms with Crippen molar-refractivity contribution in [3.8, 4) is 0 Å². The summed E-state index contributed by atoms with van der Waals surface area (Å²) in [4.78, 5) is 21.2. The van der Waals surface area contributed by atoms with Crippen LogP contribution < -0.4 is 0 Å². The van der Waals surface area contributed by atoms with Crippen molar-refractivity contribution in [2.24, 2.45) is 0 Å². The molecule has 0 saturated carbocycles. The van der Waals surface area contributed by atoms with Gasteiger partial charge in [-0.3, -0.25) is 14.7 Å². The lowest BCUT2D eigenvalue weighted by atomic mass is 10.1. The third-order valence-corrected chi connectivity index (χ3v) is 4.43. The Morgan fingerprint density at radius 2 is 1.87 bits per heavy atom. The second kappa shape index (κ2) is 7.11. The summed E-state index contributed by atoms with van der Waals surface area (Å²) in [5, 5.41) is 0.655. The van der Waals surface area contributed by atoms with Crippen molar-refractivity contribution in [1.82, 2.24) is 14.8 Å². The van der Waals surface area contributed by atoms with Gasteiger partial charge in [-0.1, -0.05) is 29.8 Å². The summed E-state index contributed by atoms with van der Waals surface area (Å²) < 4.78 is 0. The molecular weight excluding hydrogens is 310 g/mol. The molecule has 1 fully saturated rings. The van der Waals surface area contributed by atoms with Crippen LogP contribution in [0.15, 0.2) is 42.6 Å². The fourth-order valence-corrected chi connectivity index (χ4v) is 2.93. The number of pyridine rings is 1. The van der Waals surface area contributed by atoms with Crippen molar-refractivity contribution >= 4 is 17.5 Å². The van der Waals surface area contributed by atoms with Gasteiger partial charge < -0.3 is 4.90 Å². The van der Waals surface area contributed by atoms with Crippen LogP contribution in [0.2, 0.25) is 5.02 Å². The molecule has 0 unspecified atom stereocenters. The SMILES string of the molecule is Cc1ccccc1C(=O)N1CCN(Cc2ccc(Cl)cn2)CC1. The van der Waals surface area contributed by atoms with Crippen molar-refractivity contribution in [3.05, 3.63) is 64.4 Å². The fourth-order valence-electron chi connectivity index (χ4n) is 2.82. The smallest absolute Gasteiger partial charge is 0.254 e. The average molecular weight is 330 g/mol. The molecule has 0 N–H and O–H groups in total. The fraction of sp³-hybridized carbons (Fsp3) is 0.333. The minimum absolute atomic E-state index is 0.132. The maximum absolute atomic E-state index is 12.6. The summed E-state index contributed by atoms with van der Waals surface area (Å²) in [7, 11) is 0. The molecule has 3 rings (SSSR count). The number of halogens is 1. The van der Waals surface area contributed by atoms with Gasteiger partial charge >= 0.3 is 0 Å². The normalized spacial score (nSPS) is 15.7. The van der Waals surface area contributed by atoms with Crippen LogP contribution >= 0.6 is 11.6 Å². The van der Waals surface area contributed by atoms with E-state index in [0.717, 1.165) is 49.5 Å². The van der Waals surface area contributed by atoms with Crippen molar-refractivity contribution < 1.29 is 4.79 Å². The molecule has 1 aliphatic rings. The number of hydrogen-bond donors (Lipinski definition) is 0. The van der Waals surface area contributed by atoms with E-state index >= 15 is 0 Å². The number of carbonyl (C=O) groups is 1. The van der Waals surface area contributed by atoms with Crippen LogP contribution in [0.4, 0.5) is 0 Å². The third kappa shape index (κ3) is 3.89. The van der Waals surface area contributed by atoms with Gasteiger partial charge in [-0.2, -0.15) is 0 Å². The van der Waals surface area contributed by atoms with E-state index in [0.29, 0.717) is 5.02 Å². The van der Waals surface area contributed by atoms with Crippen molar-refractivity contribution in [2.75, 3.05) is 26.2 Å². The number of nitrogens with zero attached hydrogens (tertiary/aromatic N) is 3. The van der Waals surface area contributed by atoms with Crippen molar-refractivity contribution in [3.63, 3.8) is 0 Å². The Labute approximate surface area is 141 Å². The highest BCUT2D eigenvalue weighted by Crippen LogP contribution is 2.14. The molecule has 1 saturated heterocycles. The maximum Gasteiger partial charge on any atom is 0.254 e. The Morgan fingerprint density at radius 1 is 1.13 bits per heavy atom. The van der Waals surface area contributed by atoms with E-state index in [-0.39, 0.29) is 5.91 Å². The summed E-state index contributed by atoms with van der Waals surface area (Å²) in [5.74, 6) is 0.132. The Kier molecular flexibility index (Phi) is 4.94. The largest absolute Gasteiger partial charge is 0.336 e. The van der Waals surface area contributed by atoms with E-state index in [2.05, 4.69) is 9.88 Å². The highest BCUT2D eigenvalue weighted by Gasteiger charge is 2.23. The Hall–Kier alpha value is -1.91. The molecule has 2 aromatic rings. The number of aromatic nitrogens is 1. The Morgan fingerprint density at radius 3 is 2.52 bits per heavy atom. The lowest BCUT2D eigenvalue weighted by molar-refractivity contribution is 0.0626. The summed E-state index contributed by atoms with van der Waals surface area (Å²) in [6, 6.07) is 11.6. The number of piperazine rings is 1. The highest BCUT2D eigenvalue weighted by molar-refractivity contribution is 6.30. The standard InChI is InChI=1S/C18H20ClN3O/c1-14-4-2-3-5-17(14)18(23)22-10-8-21(9-11-22)13-16-7-6-15(19)12-20-16/h2-7,12H,8-11,13H2,1H3. The zero-order valence-electron chi connectivity index (χ0n) is 13.2. The van der Waals surface area contributed by atoms with Crippen LogP contribution in [-0.4, -0.2) is 46.9 Å². The molecular formula is C18H20ClN3O. The molecule has 1 aliphatic heterocycles. The van der Waals surface area contributed by atoms with Gasteiger partial charge in [0.2, 0.25) is 0 Å². The number of benzene rings is 1. The molecule has 0 spiro atoms. The Balaban J connectivity index is 1.57. The molecule has 0 atom stereocenters. The first-order chi connectivity index (χ1) is 11.1. The molecule has 0 radical (unpaired) electrons. The molecule has 1 amide bonds. The minimum Gasteiger partial charge on any atom is -0.336 e. The van der Waals surface area contributed by atoms with E-state index in [1.54, 1.807) is 6.20 Å². The van der Waals surface area contributed by atoms with Gasteiger partial charge in [0, 0.05) is 44.5 Å². The van der Waals surface area contributed by atoms with E-state index in [1.165, 1.54) is 0 Å².